The largest absolute Gasteiger partial charge is 0.468 e. The predicted molar refractivity (Wildman–Crippen MR) is 66.7 cm³/mol. The van der Waals surface area contributed by atoms with Gasteiger partial charge in [-0.2, -0.15) is 0 Å². The Balaban J connectivity index is 1.81. The van der Waals surface area contributed by atoms with Gasteiger partial charge in [-0.1, -0.05) is 30.3 Å². The van der Waals surface area contributed by atoms with Crippen molar-refractivity contribution in [2.24, 2.45) is 0 Å². The van der Waals surface area contributed by atoms with Gasteiger partial charge in [-0.05, 0) is 30.7 Å². The molecule has 0 saturated heterocycles. The van der Waals surface area contributed by atoms with E-state index in [1.54, 1.807) is 6.26 Å². The average Bonchev–Trinajstić information content (AvgIpc) is 2.90. The summed E-state index contributed by atoms with van der Waals surface area (Å²) in [6.07, 6.45) is 2.56. The lowest BCUT2D eigenvalue weighted by Crippen LogP contribution is -2.26. The van der Waals surface area contributed by atoms with E-state index < -0.39 is 0 Å². The van der Waals surface area contributed by atoms with Crippen LogP contribution in [0.1, 0.15) is 17.4 Å². The molecular formula is C14H17NO2. The summed E-state index contributed by atoms with van der Waals surface area (Å²) >= 11 is 0. The fourth-order valence-corrected chi connectivity index (χ4v) is 1.78. The number of furan rings is 1. The van der Waals surface area contributed by atoms with Crippen LogP contribution in [-0.4, -0.2) is 18.3 Å². The third kappa shape index (κ3) is 3.44. The molecule has 0 bridgehead atoms. The van der Waals surface area contributed by atoms with Gasteiger partial charge in [0, 0.05) is 0 Å². The van der Waals surface area contributed by atoms with Crippen molar-refractivity contribution in [1.82, 2.24) is 5.32 Å². The first-order chi connectivity index (χ1) is 8.40. The van der Waals surface area contributed by atoms with Gasteiger partial charge in [0.2, 0.25) is 0 Å². The van der Waals surface area contributed by atoms with Crippen molar-refractivity contribution in [3.8, 4) is 0 Å². The summed E-state index contributed by atoms with van der Waals surface area (Å²) in [6, 6.07) is 13.9. The van der Waals surface area contributed by atoms with Crippen molar-refractivity contribution in [2.75, 3.05) is 13.2 Å². The first kappa shape index (κ1) is 11.9. The monoisotopic (exact) mass is 231 g/mol. The molecule has 3 heteroatoms. The van der Waals surface area contributed by atoms with Crippen LogP contribution in [0, 0.1) is 0 Å². The molecule has 3 nitrogen and oxygen atoms in total. The van der Waals surface area contributed by atoms with Gasteiger partial charge in [0.05, 0.1) is 18.9 Å². The fraction of sp³-hybridized carbons (Fsp3) is 0.286. The number of rotatable bonds is 6. The van der Waals surface area contributed by atoms with Gasteiger partial charge in [0.25, 0.3) is 0 Å². The summed E-state index contributed by atoms with van der Waals surface area (Å²) in [7, 11) is 0. The summed E-state index contributed by atoms with van der Waals surface area (Å²) in [6.45, 7) is 0.859. The number of hydrogen-bond donors (Lipinski definition) is 2. The Hall–Kier alpha value is -1.58. The smallest absolute Gasteiger partial charge is 0.123 e. The lowest BCUT2D eigenvalue weighted by atomic mass is 10.1. The van der Waals surface area contributed by atoms with Gasteiger partial charge in [0.1, 0.15) is 5.76 Å². The molecule has 0 spiro atoms. The van der Waals surface area contributed by atoms with E-state index in [0.717, 1.165) is 18.7 Å². The third-order valence-corrected chi connectivity index (χ3v) is 2.72. The molecule has 0 aliphatic heterocycles. The fourth-order valence-electron chi connectivity index (χ4n) is 1.78. The zero-order valence-corrected chi connectivity index (χ0v) is 9.67. The first-order valence-corrected chi connectivity index (χ1v) is 5.81. The molecule has 90 valence electrons. The Bertz CT molecular complexity index is 411. The maximum atomic E-state index is 9.27. The average molecular weight is 231 g/mol. The Morgan fingerprint density at radius 1 is 1.12 bits per heavy atom. The van der Waals surface area contributed by atoms with Crippen molar-refractivity contribution < 1.29 is 9.52 Å². The lowest BCUT2D eigenvalue weighted by molar-refractivity contribution is 0.227. The summed E-state index contributed by atoms with van der Waals surface area (Å²) < 4.78 is 5.27. The first-order valence-electron chi connectivity index (χ1n) is 5.81. The molecule has 0 amide bonds. The zero-order valence-electron chi connectivity index (χ0n) is 9.67. The zero-order chi connectivity index (χ0) is 11.9. The molecule has 17 heavy (non-hydrogen) atoms. The molecule has 0 aliphatic carbocycles. The minimum Gasteiger partial charge on any atom is -0.468 e. The SMILES string of the molecule is OC[C@@H](NCCc1ccccc1)c1ccco1. The predicted octanol–water partition coefficient (Wildman–Crippen LogP) is 2.15. The van der Waals surface area contributed by atoms with Gasteiger partial charge >= 0.3 is 0 Å². The van der Waals surface area contributed by atoms with Crippen molar-refractivity contribution in [1.29, 1.82) is 0 Å². The van der Waals surface area contributed by atoms with Crippen LogP contribution in [-0.2, 0) is 6.42 Å². The van der Waals surface area contributed by atoms with Gasteiger partial charge in [-0.15, -0.1) is 0 Å². The second kappa shape index (κ2) is 6.23. The Morgan fingerprint density at radius 2 is 1.94 bits per heavy atom. The molecule has 1 heterocycles. The van der Waals surface area contributed by atoms with E-state index in [1.165, 1.54) is 5.56 Å². The molecule has 0 saturated carbocycles. The highest BCUT2D eigenvalue weighted by Gasteiger charge is 2.11. The maximum Gasteiger partial charge on any atom is 0.123 e. The molecule has 1 aromatic heterocycles. The van der Waals surface area contributed by atoms with Crippen LogP contribution in [0.25, 0.3) is 0 Å². The van der Waals surface area contributed by atoms with Crippen LogP contribution in [0.3, 0.4) is 0 Å². The van der Waals surface area contributed by atoms with Gasteiger partial charge in [0.15, 0.2) is 0 Å². The number of benzene rings is 1. The topological polar surface area (TPSA) is 45.4 Å². The number of hydrogen-bond acceptors (Lipinski definition) is 3. The molecule has 0 fully saturated rings. The number of nitrogens with one attached hydrogen (secondary N) is 1. The summed E-state index contributed by atoms with van der Waals surface area (Å²) in [4.78, 5) is 0. The quantitative estimate of drug-likeness (QED) is 0.800. The Kier molecular flexibility index (Phi) is 4.36. The van der Waals surface area contributed by atoms with Crippen LogP contribution in [0.5, 0.6) is 0 Å². The highest BCUT2D eigenvalue weighted by atomic mass is 16.3. The molecule has 0 unspecified atom stereocenters. The second-order valence-corrected chi connectivity index (χ2v) is 3.94. The van der Waals surface area contributed by atoms with Crippen LogP contribution in [0.4, 0.5) is 0 Å². The van der Waals surface area contributed by atoms with E-state index in [2.05, 4.69) is 17.4 Å². The normalized spacial score (nSPS) is 12.5. The molecular weight excluding hydrogens is 214 g/mol. The van der Waals surface area contributed by atoms with Gasteiger partial charge in [-0.3, -0.25) is 0 Å². The van der Waals surface area contributed by atoms with Crippen LogP contribution >= 0.6 is 0 Å². The highest BCUT2D eigenvalue weighted by Crippen LogP contribution is 2.12. The molecule has 0 radical (unpaired) electrons. The van der Waals surface area contributed by atoms with Gasteiger partial charge in [-0.25, -0.2) is 0 Å². The maximum absolute atomic E-state index is 9.27. The van der Waals surface area contributed by atoms with E-state index in [0.29, 0.717) is 0 Å². The molecule has 2 aromatic rings. The minimum atomic E-state index is -0.117. The van der Waals surface area contributed by atoms with E-state index in [-0.39, 0.29) is 12.6 Å². The van der Waals surface area contributed by atoms with E-state index in [4.69, 9.17) is 4.42 Å². The summed E-state index contributed by atoms with van der Waals surface area (Å²) in [5.41, 5.74) is 1.29. The number of aliphatic hydroxyl groups excluding tert-OH is 1. The van der Waals surface area contributed by atoms with Crippen molar-refractivity contribution >= 4 is 0 Å². The standard InChI is InChI=1S/C14H17NO2/c16-11-13(14-7-4-10-17-14)15-9-8-12-5-2-1-3-6-12/h1-7,10,13,15-16H,8-9,11H2/t13-/m1/s1. The van der Waals surface area contributed by atoms with Crippen molar-refractivity contribution in [2.45, 2.75) is 12.5 Å². The Morgan fingerprint density at radius 3 is 2.59 bits per heavy atom. The molecule has 2 N–H and O–H groups in total. The van der Waals surface area contributed by atoms with E-state index >= 15 is 0 Å². The van der Waals surface area contributed by atoms with Crippen LogP contribution in [0.15, 0.2) is 53.1 Å². The lowest BCUT2D eigenvalue weighted by Gasteiger charge is -2.13. The molecule has 1 aromatic carbocycles. The van der Waals surface area contributed by atoms with E-state index in [1.807, 2.05) is 30.3 Å². The molecule has 0 aliphatic rings. The summed E-state index contributed by atoms with van der Waals surface area (Å²) in [5.74, 6) is 0.778. The number of aliphatic hydroxyl groups is 1. The second-order valence-electron chi connectivity index (χ2n) is 3.94. The molecule has 2 rings (SSSR count). The molecule has 1 atom stereocenters. The minimum absolute atomic E-state index is 0.0440. The third-order valence-electron chi connectivity index (χ3n) is 2.72. The Labute approximate surface area is 101 Å². The van der Waals surface area contributed by atoms with Crippen molar-refractivity contribution in [3.63, 3.8) is 0 Å². The summed E-state index contributed by atoms with van der Waals surface area (Å²) in [5, 5.41) is 12.5. The van der Waals surface area contributed by atoms with Crippen LogP contribution in [0.2, 0.25) is 0 Å². The van der Waals surface area contributed by atoms with Crippen molar-refractivity contribution in [3.05, 3.63) is 60.1 Å². The van der Waals surface area contributed by atoms with Gasteiger partial charge < -0.3 is 14.8 Å². The van der Waals surface area contributed by atoms with Crippen LogP contribution < -0.4 is 5.32 Å². The van der Waals surface area contributed by atoms with E-state index in [9.17, 15) is 5.11 Å². The highest BCUT2D eigenvalue weighted by molar-refractivity contribution is 5.15.